The van der Waals surface area contributed by atoms with Gasteiger partial charge in [-0.3, -0.25) is 0 Å². The van der Waals surface area contributed by atoms with Crippen molar-refractivity contribution in [1.82, 2.24) is 0 Å². The first-order chi connectivity index (χ1) is 8.22. The van der Waals surface area contributed by atoms with Crippen molar-refractivity contribution in [2.45, 2.75) is 40.0 Å². The third-order valence-electron chi connectivity index (χ3n) is 2.09. The number of isocyanates is 2. The van der Waals surface area contributed by atoms with Gasteiger partial charge in [-0.05, 0) is 24.8 Å². The number of carbonyl (C=O) groups excluding carboxylic acids is 2. The summed E-state index contributed by atoms with van der Waals surface area (Å²) in [7, 11) is 0. The Morgan fingerprint density at radius 3 is 1.39 bits per heavy atom. The van der Waals surface area contributed by atoms with Gasteiger partial charge in [0.25, 0.3) is 0 Å². The Hall–Kier alpha value is -2.02. The largest absolute Gasteiger partial charge is 0.231 e. The van der Waals surface area contributed by atoms with Crippen molar-refractivity contribution in [2.75, 3.05) is 0 Å². The second-order valence-corrected chi connectivity index (χ2v) is 4.83. The predicted molar refractivity (Wildman–Crippen MR) is 71.4 cm³/mol. The van der Waals surface area contributed by atoms with Crippen LogP contribution in [0.2, 0.25) is 0 Å². The van der Waals surface area contributed by atoms with Gasteiger partial charge in [0.2, 0.25) is 12.2 Å². The summed E-state index contributed by atoms with van der Waals surface area (Å²) in [4.78, 5) is 16.7. The fourth-order valence-corrected chi connectivity index (χ4v) is 1.41. The van der Waals surface area contributed by atoms with E-state index in [-0.39, 0.29) is 5.41 Å². The molecular formula is C14H20N2O2. The molecule has 0 heterocycles. The van der Waals surface area contributed by atoms with Crippen LogP contribution in [0.25, 0.3) is 0 Å². The first kappa shape index (κ1) is 18.3. The zero-order valence-corrected chi connectivity index (χ0v) is 11.5. The molecule has 0 bridgehead atoms. The molecule has 0 aromatic heterocycles. The minimum absolute atomic E-state index is 0.275. The molecule has 0 spiro atoms. The fraction of sp³-hybridized carbons (Fsp3) is 0.429. The van der Waals surface area contributed by atoms with Crippen molar-refractivity contribution in [3.05, 3.63) is 34.9 Å². The normalized spacial score (nSPS) is 8.72. The van der Waals surface area contributed by atoms with Crippen molar-refractivity contribution in [3.63, 3.8) is 0 Å². The molecule has 18 heavy (non-hydrogen) atoms. The number of aryl methyl sites for hydroxylation is 2. The number of nitrogens with one attached hydrogen (secondary N) is 2. The first-order valence-corrected chi connectivity index (χ1v) is 5.39. The summed E-state index contributed by atoms with van der Waals surface area (Å²) in [6.45, 7) is 11.1. The van der Waals surface area contributed by atoms with Crippen LogP contribution in [0.4, 0.5) is 0 Å². The van der Waals surface area contributed by atoms with Gasteiger partial charge in [0.05, 0.1) is 0 Å². The van der Waals surface area contributed by atoms with E-state index in [1.165, 1.54) is 16.7 Å². The Labute approximate surface area is 108 Å². The minimum Gasteiger partial charge on any atom is -0.222 e. The predicted octanol–water partition coefficient (Wildman–Crippen LogP) is 3.40. The van der Waals surface area contributed by atoms with Gasteiger partial charge in [-0.2, -0.15) is 0 Å². The van der Waals surface area contributed by atoms with Crippen molar-refractivity contribution in [1.29, 1.82) is 10.8 Å². The first-order valence-electron chi connectivity index (χ1n) is 5.39. The molecule has 0 aliphatic heterocycles. The molecule has 0 saturated heterocycles. The van der Waals surface area contributed by atoms with Gasteiger partial charge in [-0.15, -0.1) is 0 Å². The van der Waals surface area contributed by atoms with Gasteiger partial charge in [0, 0.05) is 0 Å². The van der Waals surface area contributed by atoms with Crippen LogP contribution in [0, 0.1) is 24.7 Å². The minimum atomic E-state index is 0.275. The lowest BCUT2D eigenvalue weighted by Gasteiger charge is -2.20. The van der Waals surface area contributed by atoms with E-state index in [2.05, 4.69) is 52.8 Å². The molecule has 98 valence electrons. The molecule has 0 unspecified atom stereocenters. The lowest BCUT2D eigenvalue weighted by Crippen LogP contribution is -2.11. The van der Waals surface area contributed by atoms with Gasteiger partial charge in [-0.1, -0.05) is 50.1 Å². The molecule has 0 fully saturated rings. The lowest BCUT2D eigenvalue weighted by molar-refractivity contribution is 0.562. The maximum atomic E-state index is 8.35. The summed E-state index contributed by atoms with van der Waals surface area (Å²) in [5.74, 6) is 0. The van der Waals surface area contributed by atoms with Gasteiger partial charge < -0.3 is 0 Å². The van der Waals surface area contributed by atoms with E-state index < -0.39 is 0 Å². The van der Waals surface area contributed by atoms with Gasteiger partial charge in [-0.25, -0.2) is 20.4 Å². The zero-order valence-electron chi connectivity index (χ0n) is 11.5. The molecule has 4 heteroatoms. The monoisotopic (exact) mass is 248 g/mol. The van der Waals surface area contributed by atoms with Crippen molar-refractivity contribution >= 4 is 12.2 Å². The summed E-state index contributed by atoms with van der Waals surface area (Å²) < 4.78 is 0. The SMILES string of the molecule is Cc1cc(C)cc(C(C)(C)C)c1.N=C=O.N=C=O. The summed E-state index contributed by atoms with van der Waals surface area (Å²) in [5, 5.41) is 10.8. The van der Waals surface area contributed by atoms with E-state index in [0.717, 1.165) is 12.2 Å². The Morgan fingerprint density at radius 1 is 0.889 bits per heavy atom. The Kier molecular flexibility index (Phi) is 9.23. The van der Waals surface area contributed by atoms with E-state index >= 15 is 0 Å². The smallest absolute Gasteiger partial charge is 0.222 e. The molecule has 0 radical (unpaired) electrons. The van der Waals surface area contributed by atoms with Crippen LogP contribution in [-0.2, 0) is 15.0 Å². The number of hydrogen-bond acceptors (Lipinski definition) is 4. The van der Waals surface area contributed by atoms with Crippen LogP contribution in [0.1, 0.15) is 37.5 Å². The Bertz CT molecular complexity index is 401. The number of rotatable bonds is 0. The van der Waals surface area contributed by atoms with E-state index in [4.69, 9.17) is 20.4 Å². The maximum absolute atomic E-state index is 8.35. The molecule has 0 saturated carbocycles. The Morgan fingerprint density at radius 2 is 1.17 bits per heavy atom. The summed E-state index contributed by atoms with van der Waals surface area (Å²) >= 11 is 0. The molecule has 0 aliphatic rings. The molecule has 0 aliphatic carbocycles. The number of benzene rings is 1. The summed E-state index contributed by atoms with van der Waals surface area (Å²) in [5.41, 5.74) is 4.43. The van der Waals surface area contributed by atoms with Crippen LogP contribution in [0.3, 0.4) is 0 Å². The molecular weight excluding hydrogens is 228 g/mol. The molecule has 1 aromatic carbocycles. The average Bonchev–Trinajstić information content (AvgIpc) is 2.16. The van der Waals surface area contributed by atoms with Gasteiger partial charge in [0.15, 0.2) is 0 Å². The van der Waals surface area contributed by atoms with Crippen LogP contribution in [0.15, 0.2) is 18.2 Å². The van der Waals surface area contributed by atoms with E-state index in [1.54, 1.807) is 0 Å². The average molecular weight is 248 g/mol. The quantitative estimate of drug-likeness (QED) is 0.545. The van der Waals surface area contributed by atoms with Crippen LogP contribution < -0.4 is 0 Å². The molecule has 2 N–H and O–H groups in total. The molecule has 1 rings (SSSR count). The lowest BCUT2D eigenvalue weighted by atomic mass is 9.85. The summed E-state index contributed by atoms with van der Waals surface area (Å²) in [6, 6.07) is 6.76. The number of hydrogen-bond donors (Lipinski definition) is 2. The highest BCUT2D eigenvalue weighted by molar-refractivity contribution is 5.32. The Balaban J connectivity index is 0. The van der Waals surface area contributed by atoms with Gasteiger partial charge in [0.1, 0.15) is 0 Å². The standard InChI is InChI=1S/C12H18.2CHNO/c1-9-6-10(2)8-11(7-9)12(3,4)5;2*2-1-3/h6-8H,1-5H3;2*2H. The molecule has 0 atom stereocenters. The van der Waals surface area contributed by atoms with E-state index in [1.807, 2.05) is 0 Å². The second-order valence-electron chi connectivity index (χ2n) is 4.83. The van der Waals surface area contributed by atoms with Crippen LogP contribution >= 0.6 is 0 Å². The van der Waals surface area contributed by atoms with Crippen molar-refractivity contribution in [3.8, 4) is 0 Å². The third kappa shape index (κ3) is 9.22. The molecule has 4 nitrogen and oxygen atoms in total. The van der Waals surface area contributed by atoms with Crippen LogP contribution in [0.5, 0.6) is 0 Å². The third-order valence-corrected chi connectivity index (χ3v) is 2.09. The maximum Gasteiger partial charge on any atom is 0.231 e. The second kappa shape index (κ2) is 9.06. The zero-order chi connectivity index (χ0) is 14.8. The van der Waals surface area contributed by atoms with Crippen LogP contribution in [-0.4, -0.2) is 12.2 Å². The van der Waals surface area contributed by atoms with E-state index in [9.17, 15) is 0 Å². The van der Waals surface area contributed by atoms with E-state index in [0.29, 0.717) is 0 Å². The topological polar surface area (TPSA) is 81.8 Å². The highest BCUT2D eigenvalue weighted by atomic mass is 16.1. The molecule has 1 aromatic rings. The molecule has 0 amide bonds. The summed E-state index contributed by atoms with van der Waals surface area (Å²) in [6.07, 6.45) is 1.50. The highest BCUT2D eigenvalue weighted by Gasteiger charge is 2.13. The van der Waals surface area contributed by atoms with Gasteiger partial charge >= 0.3 is 0 Å². The van der Waals surface area contributed by atoms with Crippen molar-refractivity contribution < 1.29 is 9.59 Å². The fourth-order valence-electron chi connectivity index (χ4n) is 1.41. The highest BCUT2D eigenvalue weighted by Crippen LogP contribution is 2.23. The van der Waals surface area contributed by atoms with Crippen molar-refractivity contribution in [2.24, 2.45) is 0 Å².